The Morgan fingerprint density at radius 1 is 1.31 bits per heavy atom. The molecule has 1 rings (SSSR count). The molecule has 1 aromatic carbocycles. The van der Waals surface area contributed by atoms with Gasteiger partial charge < -0.3 is 4.74 Å². The molecule has 0 amide bonds. The molecule has 1 atom stereocenters. The van der Waals surface area contributed by atoms with Crippen LogP contribution in [0.1, 0.15) is 5.56 Å². The second-order valence-electron chi connectivity index (χ2n) is 3.22. The van der Waals surface area contributed by atoms with Gasteiger partial charge in [0.1, 0.15) is 6.61 Å². The standard InChI is InChI=1S/C11H11ClF2O2/c12-9(7-16-11(15)10(13)14)6-8-4-2-1-3-5-8/h1-5,9-10H,6-7H2. The zero-order valence-electron chi connectivity index (χ0n) is 8.41. The summed E-state index contributed by atoms with van der Waals surface area (Å²) in [5.41, 5.74) is 0.968. The monoisotopic (exact) mass is 248 g/mol. The van der Waals surface area contributed by atoms with E-state index in [0.717, 1.165) is 5.56 Å². The van der Waals surface area contributed by atoms with Gasteiger partial charge in [0.05, 0.1) is 5.38 Å². The van der Waals surface area contributed by atoms with E-state index in [1.165, 1.54) is 0 Å². The van der Waals surface area contributed by atoms with Crippen LogP contribution in [0.5, 0.6) is 0 Å². The largest absolute Gasteiger partial charge is 0.460 e. The molecule has 0 saturated heterocycles. The molecule has 0 aliphatic heterocycles. The van der Waals surface area contributed by atoms with Gasteiger partial charge in [0.15, 0.2) is 0 Å². The van der Waals surface area contributed by atoms with Crippen LogP contribution in [0.4, 0.5) is 8.78 Å². The first-order valence-electron chi connectivity index (χ1n) is 4.72. The highest BCUT2D eigenvalue weighted by atomic mass is 35.5. The predicted octanol–water partition coefficient (Wildman–Crippen LogP) is 2.64. The zero-order valence-corrected chi connectivity index (χ0v) is 9.16. The number of rotatable bonds is 5. The summed E-state index contributed by atoms with van der Waals surface area (Å²) in [7, 11) is 0. The molecular formula is C11H11ClF2O2. The van der Waals surface area contributed by atoms with Crippen molar-refractivity contribution in [3.8, 4) is 0 Å². The van der Waals surface area contributed by atoms with Crippen molar-refractivity contribution in [2.45, 2.75) is 18.2 Å². The molecule has 0 heterocycles. The van der Waals surface area contributed by atoms with Crippen LogP contribution in [0.3, 0.4) is 0 Å². The molecule has 1 aromatic rings. The van der Waals surface area contributed by atoms with E-state index in [9.17, 15) is 13.6 Å². The van der Waals surface area contributed by atoms with Crippen molar-refractivity contribution in [3.05, 3.63) is 35.9 Å². The molecule has 0 aliphatic carbocycles. The molecule has 0 radical (unpaired) electrons. The lowest BCUT2D eigenvalue weighted by Gasteiger charge is -2.10. The highest BCUT2D eigenvalue weighted by molar-refractivity contribution is 6.20. The Hall–Kier alpha value is -1.16. The van der Waals surface area contributed by atoms with E-state index in [-0.39, 0.29) is 6.61 Å². The van der Waals surface area contributed by atoms with Gasteiger partial charge in [-0.3, -0.25) is 0 Å². The van der Waals surface area contributed by atoms with E-state index >= 15 is 0 Å². The summed E-state index contributed by atoms with van der Waals surface area (Å²) in [4.78, 5) is 10.5. The van der Waals surface area contributed by atoms with Crippen molar-refractivity contribution in [1.29, 1.82) is 0 Å². The Balaban J connectivity index is 2.31. The SMILES string of the molecule is O=C(OCC(Cl)Cc1ccccc1)C(F)F. The van der Waals surface area contributed by atoms with Gasteiger partial charge in [0, 0.05) is 0 Å². The topological polar surface area (TPSA) is 26.3 Å². The summed E-state index contributed by atoms with van der Waals surface area (Å²) < 4.78 is 27.9. The molecule has 0 aliphatic rings. The Morgan fingerprint density at radius 2 is 1.94 bits per heavy atom. The third-order valence-corrected chi connectivity index (χ3v) is 2.16. The first kappa shape index (κ1) is 12.9. The summed E-state index contributed by atoms with van der Waals surface area (Å²) in [5.74, 6) is -1.53. The minimum absolute atomic E-state index is 0.209. The molecular weight excluding hydrogens is 238 g/mol. The maximum absolute atomic E-state index is 11.8. The van der Waals surface area contributed by atoms with Crippen LogP contribution in [0.15, 0.2) is 30.3 Å². The number of esters is 1. The number of hydrogen-bond acceptors (Lipinski definition) is 2. The van der Waals surface area contributed by atoms with Gasteiger partial charge in [-0.25, -0.2) is 4.79 Å². The van der Waals surface area contributed by atoms with Crippen molar-refractivity contribution in [2.24, 2.45) is 0 Å². The van der Waals surface area contributed by atoms with E-state index in [0.29, 0.717) is 6.42 Å². The molecule has 0 aromatic heterocycles. The second kappa shape index (κ2) is 6.43. The minimum atomic E-state index is -3.10. The first-order chi connectivity index (χ1) is 7.59. The molecule has 0 fully saturated rings. The fourth-order valence-corrected chi connectivity index (χ4v) is 1.41. The summed E-state index contributed by atoms with van der Waals surface area (Å²) in [6, 6.07) is 9.30. The van der Waals surface area contributed by atoms with E-state index in [2.05, 4.69) is 4.74 Å². The summed E-state index contributed by atoms with van der Waals surface area (Å²) in [6.07, 6.45) is -2.63. The average Bonchev–Trinajstić information content (AvgIpc) is 2.27. The van der Waals surface area contributed by atoms with Gasteiger partial charge in [-0.1, -0.05) is 30.3 Å². The van der Waals surface area contributed by atoms with Crippen molar-refractivity contribution in [2.75, 3.05) is 6.61 Å². The van der Waals surface area contributed by atoms with Crippen molar-refractivity contribution < 1.29 is 18.3 Å². The number of carbonyl (C=O) groups excluding carboxylic acids is 1. The van der Waals surface area contributed by atoms with Crippen molar-refractivity contribution in [1.82, 2.24) is 0 Å². The highest BCUT2D eigenvalue weighted by Gasteiger charge is 2.18. The molecule has 5 heteroatoms. The molecule has 1 unspecified atom stereocenters. The third kappa shape index (κ3) is 4.57. The first-order valence-corrected chi connectivity index (χ1v) is 5.16. The number of alkyl halides is 3. The Kier molecular flexibility index (Phi) is 5.19. The van der Waals surface area contributed by atoms with Gasteiger partial charge in [0.2, 0.25) is 0 Å². The third-order valence-electron chi connectivity index (χ3n) is 1.88. The van der Waals surface area contributed by atoms with Crippen LogP contribution in [0.25, 0.3) is 0 Å². The van der Waals surface area contributed by atoms with Crippen LogP contribution >= 0.6 is 11.6 Å². The number of hydrogen-bond donors (Lipinski definition) is 0. The van der Waals surface area contributed by atoms with Crippen LogP contribution in [-0.2, 0) is 16.0 Å². The second-order valence-corrected chi connectivity index (χ2v) is 3.83. The highest BCUT2D eigenvalue weighted by Crippen LogP contribution is 2.09. The van der Waals surface area contributed by atoms with E-state index < -0.39 is 17.8 Å². The quantitative estimate of drug-likeness (QED) is 0.592. The fourth-order valence-electron chi connectivity index (χ4n) is 1.16. The molecule has 0 spiro atoms. The molecule has 0 bridgehead atoms. The van der Waals surface area contributed by atoms with Gasteiger partial charge >= 0.3 is 12.4 Å². The fraction of sp³-hybridized carbons (Fsp3) is 0.364. The Morgan fingerprint density at radius 3 is 2.50 bits per heavy atom. The summed E-state index contributed by atoms with van der Waals surface area (Å²) in [6.45, 7) is -0.209. The normalized spacial score (nSPS) is 12.5. The zero-order chi connectivity index (χ0) is 12.0. The average molecular weight is 249 g/mol. The van der Waals surface area contributed by atoms with Gasteiger partial charge in [-0.15, -0.1) is 11.6 Å². The van der Waals surface area contributed by atoms with E-state index in [4.69, 9.17) is 11.6 Å². The molecule has 2 nitrogen and oxygen atoms in total. The number of ether oxygens (including phenoxy) is 1. The molecule has 0 N–H and O–H groups in total. The lowest BCUT2D eigenvalue weighted by molar-refractivity contribution is -0.156. The maximum Gasteiger partial charge on any atom is 0.373 e. The number of halogens is 3. The van der Waals surface area contributed by atoms with Crippen molar-refractivity contribution in [3.63, 3.8) is 0 Å². The molecule has 88 valence electrons. The van der Waals surface area contributed by atoms with Gasteiger partial charge in [-0.05, 0) is 12.0 Å². The number of carbonyl (C=O) groups is 1. The Labute approximate surface area is 97.2 Å². The Bertz CT molecular complexity index is 330. The summed E-state index contributed by atoms with van der Waals surface area (Å²) >= 11 is 5.84. The van der Waals surface area contributed by atoms with Gasteiger partial charge in [0.25, 0.3) is 0 Å². The lowest BCUT2D eigenvalue weighted by atomic mass is 10.1. The summed E-state index contributed by atoms with van der Waals surface area (Å²) in [5, 5.41) is -0.495. The minimum Gasteiger partial charge on any atom is -0.460 e. The molecule has 0 saturated carbocycles. The van der Waals surface area contributed by atoms with E-state index in [1.54, 1.807) is 0 Å². The van der Waals surface area contributed by atoms with Crippen LogP contribution < -0.4 is 0 Å². The van der Waals surface area contributed by atoms with Crippen molar-refractivity contribution >= 4 is 17.6 Å². The van der Waals surface area contributed by atoms with Gasteiger partial charge in [-0.2, -0.15) is 8.78 Å². The number of benzene rings is 1. The van der Waals surface area contributed by atoms with E-state index in [1.807, 2.05) is 30.3 Å². The lowest BCUT2D eigenvalue weighted by Crippen LogP contribution is -2.20. The van der Waals surface area contributed by atoms with Crippen LogP contribution in [0, 0.1) is 0 Å². The molecule has 16 heavy (non-hydrogen) atoms. The predicted molar refractivity (Wildman–Crippen MR) is 56.8 cm³/mol. The van der Waals surface area contributed by atoms with Crippen LogP contribution in [-0.4, -0.2) is 24.4 Å². The maximum atomic E-state index is 11.8. The smallest absolute Gasteiger partial charge is 0.373 e. The van der Waals surface area contributed by atoms with Crippen LogP contribution in [0.2, 0.25) is 0 Å².